The third-order valence-electron chi connectivity index (χ3n) is 2.11. The largest absolute Gasteiger partial charge is 0.334 e. The van der Waals surface area contributed by atoms with E-state index in [4.69, 9.17) is 0 Å². The molecule has 2 aromatic rings. The number of aryl methyl sites for hydroxylation is 2. The van der Waals surface area contributed by atoms with E-state index in [9.17, 15) is 0 Å². The van der Waals surface area contributed by atoms with Gasteiger partial charge in [0, 0.05) is 18.6 Å². The van der Waals surface area contributed by atoms with Crippen LogP contribution in [0.1, 0.15) is 12.5 Å². The van der Waals surface area contributed by atoms with Gasteiger partial charge >= 0.3 is 0 Å². The molecular formula is C9H11N3. The molecular weight excluding hydrogens is 150 g/mol. The van der Waals surface area contributed by atoms with Crippen LogP contribution in [-0.4, -0.2) is 14.8 Å². The van der Waals surface area contributed by atoms with Gasteiger partial charge in [-0.2, -0.15) is 5.10 Å². The van der Waals surface area contributed by atoms with Crippen LogP contribution in [0.3, 0.4) is 0 Å². The Kier molecular flexibility index (Phi) is 1.57. The van der Waals surface area contributed by atoms with Crippen LogP contribution in [0.25, 0.3) is 11.0 Å². The molecule has 0 bridgehead atoms. The lowest BCUT2D eigenvalue weighted by Gasteiger charge is -1.90. The number of nitrogens with zero attached hydrogens (tertiary/aromatic N) is 3. The topological polar surface area (TPSA) is 30.7 Å². The molecule has 0 aliphatic rings. The number of fused-ring (bicyclic) bond motifs is 1. The zero-order chi connectivity index (χ0) is 8.55. The van der Waals surface area contributed by atoms with Gasteiger partial charge in [-0.05, 0) is 18.1 Å². The Morgan fingerprint density at radius 3 is 3.08 bits per heavy atom. The highest BCUT2D eigenvalue weighted by Crippen LogP contribution is 2.17. The molecule has 2 heterocycles. The van der Waals surface area contributed by atoms with Gasteiger partial charge in [0.15, 0.2) is 5.65 Å². The molecule has 0 fully saturated rings. The van der Waals surface area contributed by atoms with E-state index in [2.05, 4.69) is 23.3 Å². The van der Waals surface area contributed by atoms with Crippen molar-refractivity contribution in [3.63, 3.8) is 0 Å². The van der Waals surface area contributed by atoms with Crippen LogP contribution in [0, 0.1) is 0 Å². The summed E-state index contributed by atoms with van der Waals surface area (Å²) in [6.45, 7) is 2.15. The van der Waals surface area contributed by atoms with Gasteiger partial charge in [0.2, 0.25) is 0 Å². The van der Waals surface area contributed by atoms with Crippen LogP contribution < -0.4 is 0 Å². The highest BCUT2D eigenvalue weighted by molar-refractivity contribution is 5.79. The fraction of sp³-hybridized carbons (Fsp3) is 0.333. The minimum absolute atomic E-state index is 0.967. The van der Waals surface area contributed by atoms with Crippen molar-refractivity contribution in [2.45, 2.75) is 13.3 Å². The molecule has 0 N–H and O–H groups in total. The first-order valence-electron chi connectivity index (χ1n) is 4.08. The fourth-order valence-corrected chi connectivity index (χ4v) is 1.48. The first kappa shape index (κ1) is 7.28. The minimum atomic E-state index is 0.967. The molecule has 0 unspecified atom stereocenters. The maximum absolute atomic E-state index is 4.06. The Morgan fingerprint density at radius 2 is 2.33 bits per heavy atom. The zero-order valence-electron chi connectivity index (χ0n) is 7.28. The summed E-state index contributed by atoms with van der Waals surface area (Å²) in [4.78, 5) is 0. The highest BCUT2D eigenvalue weighted by Gasteiger charge is 2.04. The van der Waals surface area contributed by atoms with Crippen LogP contribution in [0.2, 0.25) is 0 Å². The predicted octanol–water partition coefficient (Wildman–Crippen LogP) is 1.53. The molecule has 2 aromatic heterocycles. The van der Waals surface area contributed by atoms with Gasteiger partial charge < -0.3 is 4.57 Å². The molecule has 0 amide bonds. The number of hydrogen-bond acceptors (Lipinski definition) is 2. The maximum atomic E-state index is 4.06. The average molecular weight is 161 g/mol. The number of aromatic nitrogens is 3. The Labute approximate surface area is 71.0 Å². The Hall–Kier alpha value is -1.38. The lowest BCUT2D eigenvalue weighted by atomic mass is 10.2. The lowest BCUT2D eigenvalue weighted by Crippen LogP contribution is -1.88. The average Bonchev–Trinajstić information content (AvgIpc) is 2.44. The first-order valence-corrected chi connectivity index (χ1v) is 4.08. The quantitative estimate of drug-likeness (QED) is 0.635. The van der Waals surface area contributed by atoms with Gasteiger partial charge in [-0.1, -0.05) is 6.92 Å². The van der Waals surface area contributed by atoms with Crippen molar-refractivity contribution < 1.29 is 0 Å². The van der Waals surface area contributed by atoms with Crippen LogP contribution in [0.15, 0.2) is 18.5 Å². The molecule has 0 aliphatic carbocycles. The van der Waals surface area contributed by atoms with E-state index in [0.29, 0.717) is 0 Å². The summed E-state index contributed by atoms with van der Waals surface area (Å²) in [5, 5.41) is 9.13. The molecule has 0 saturated heterocycles. The standard InChI is InChI=1S/C9H11N3/c1-3-7-6-12(2)9-8(7)4-5-10-11-9/h4-6H,3H2,1-2H3. The Bertz CT molecular complexity index is 403. The molecule has 0 atom stereocenters. The second-order valence-electron chi connectivity index (χ2n) is 2.89. The molecule has 3 nitrogen and oxygen atoms in total. The molecule has 0 aromatic carbocycles. The smallest absolute Gasteiger partial charge is 0.162 e. The van der Waals surface area contributed by atoms with E-state index in [1.807, 2.05) is 17.7 Å². The highest BCUT2D eigenvalue weighted by atomic mass is 15.2. The Morgan fingerprint density at radius 1 is 1.50 bits per heavy atom. The van der Waals surface area contributed by atoms with Crippen molar-refractivity contribution in [2.24, 2.45) is 7.05 Å². The molecule has 62 valence electrons. The first-order chi connectivity index (χ1) is 5.83. The fourth-order valence-electron chi connectivity index (χ4n) is 1.48. The second-order valence-corrected chi connectivity index (χ2v) is 2.89. The molecule has 2 rings (SSSR count). The molecule has 3 heteroatoms. The maximum Gasteiger partial charge on any atom is 0.162 e. The molecule has 12 heavy (non-hydrogen) atoms. The van der Waals surface area contributed by atoms with Crippen molar-refractivity contribution in [3.8, 4) is 0 Å². The van der Waals surface area contributed by atoms with Crippen LogP contribution in [0.4, 0.5) is 0 Å². The van der Waals surface area contributed by atoms with Gasteiger partial charge in [0.25, 0.3) is 0 Å². The van der Waals surface area contributed by atoms with Crippen LogP contribution >= 0.6 is 0 Å². The zero-order valence-corrected chi connectivity index (χ0v) is 7.28. The summed E-state index contributed by atoms with van der Waals surface area (Å²) >= 11 is 0. The van der Waals surface area contributed by atoms with Gasteiger partial charge in [-0.25, -0.2) is 0 Å². The molecule has 0 aliphatic heterocycles. The summed E-state index contributed by atoms with van der Waals surface area (Å²) in [5.74, 6) is 0. The van der Waals surface area contributed by atoms with E-state index >= 15 is 0 Å². The summed E-state index contributed by atoms with van der Waals surface area (Å²) in [5.41, 5.74) is 2.30. The predicted molar refractivity (Wildman–Crippen MR) is 47.9 cm³/mol. The van der Waals surface area contributed by atoms with Crippen molar-refractivity contribution in [3.05, 3.63) is 24.0 Å². The molecule has 0 radical (unpaired) electrons. The summed E-state index contributed by atoms with van der Waals surface area (Å²) < 4.78 is 2.02. The van der Waals surface area contributed by atoms with E-state index in [1.165, 1.54) is 10.9 Å². The van der Waals surface area contributed by atoms with Gasteiger partial charge in [-0.3, -0.25) is 0 Å². The van der Waals surface area contributed by atoms with E-state index in [0.717, 1.165) is 12.1 Å². The van der Waals surface area contributed by atoms with Gasteiger partial charge in [0.1, 0.15) is 0 Å². The Balaban J connectivity index is 2.82. The summed E-state index contributed by atoms with van der Waals surface area (Å²) in [6, 6.07) is 2.02. The number of rotatable bonds is 1. The van der Waals surface area contributed by atoms with Crippen molar-refractivity contribution in [1.82, 2.24) is 14.8 Å². The van der Waals surface area contributed by atoms with Gasteiger partial charge in [-0.15, -0.1) is 5.10 Å². The van der Waals surface area contributed by atoms with E-state index in [1.54, 1.807) is 6.20 Å². The number of hydrogen-bond donors (Lipinski definition) is 0. The monoisotopic (exact) mass is 161 g/mol. The second kappa shape index (κ2) is 2.59. The van der Waals surface area contributed by atoms with Crippen molar-refractivity contribution in [1.29, 1.82) is 0 Å². The lowest BCUT2D eigenvalue weighted by molar-refractivity contribution is 0.911. The SMILES string of the molecule is CCc1cn(C)c2nnccc12. The van der Waals surface area contributed by atoms with Gasteiger partial charge in [0.05, 0.1) is 6.20 Å². The van der Waals surface area contributed by atoms with Crippen LogP contribution in [-0.2, 0) is 13.5 Å². The molecule has 0 saturated carbocycles. The normalized spacial score (nSPS) is 10.8. The minimum Gasteiger partial charge on any atom is -0.334 e. The van der Waals surface area contributed by atoms with E-state index < -0.39 is 0 Å². The van der Waals surface area contributed by atoms with Crippen LogP contribution in [0.5, 0.6) is 0 Å². The third-order valence-corrected chi connectivity index (χ3v) is 2.11. The van der Waals surface area contributed by atoms with E-state index in [-0.39, 0.29) is 0 Å². The third kappa shape index (κ3) is 0.897. The van der Waals surface area contributed by atoms with Crippen molar-refractivity contribution >= 4 is 11.0 Å². The summed E-state index contributed by atoms with van der Waals surface area (Å²) in [6.07, 6.45) is 4.89. The summed E-state index contributed by atoms with van der Waals surface area (Å²) in [7, 11) is 2.00. The van der Waals surface area contributed by atoms with Crippen molar-refractivity contribution in [2.75, 3.05) is 0 Å². The molecule has 0 spiro atoms.